The van der Waals surface area contributed by atoms with Crippen LogP contribution in [-0.4, -0.2) is 16.8 Å². The molecule has 0 fully saturated rings. The molecule has 1 rings (SSSR count). The van der Waals surface area contributed by atoms with E-state index in [1.165, 1.54) is 0 Å². The van der Waals surface area contributed by atoms with E-state index in [4.69, 9.17) is 11.6 Å². The Bertz CT molecular complexity index is 268. The fourth-order valence-electron chi connectivity index (χ4n) is 1.24. The molecule has 1 aromatic heterocycles. The second kappa shape index (κ2) is 3.92. The third-order valence-corrected chi connectivity index (χ3v) is 2.31. The first-order valence-corrected chi connectivity index (χ1v) is 4.43. The van der Waals surface area contributed by atoms with Gasteiger partial charge in [0.2, 0.25) is 0 Å². The summed E-state index contributed by atoms with van der Waals surface area (Å²) >= 11 is 6.03. The van der Waals surface area contributed by atoms with Crippen LogP contribution in [0.25, 0.3) is 0 Å². The number of aromatic nitrogens is 2. The Morgan fingerprint density at radius 3 is 2.75 bits per heavy atom. The maximum absolute atomic E-state index is 6.03. The lowest BCUT2D eigenvalue weighted by molar-refractivity contribution is 0.747. The van der Waals surface area contributed by atoms with E-state index in [-0.39, 0.29) is 0 Å². The Balaban J connectivity index is 3.03. The molecule has 0 amide bonds. The van der Waals surface area contributed by atoms with Crippen molar-refractivity contribution in [3.05, 3.63) is 16.4 Å². The SMILES string of the molecule is CCc1nn(C)c(Cl)c1CNC. The average molecular weight is 188 g/mol. The molecule has 0 unspecified atom stereocenters. The first-order valence-electron chi connectivity index (χ1n) is 4.05. The normalized spacial score (nSPS) is 10.7. The van der Waals surface area contributed by atoms with Gasteiger partial charge in [-0.3, -0.25) is 4.68 Å². The summed E-state index contributed by atoms with van der Waals surface area (Å²) < 4.78 is 1.72. The van der Waals surface area contributed by atoms with Crippen LogP contribution in [0.5, 0.6) is 0 Å². The van der Waals surface area contributed by atoms with Gasteiger partial charge in [0.25, 0.3) is 0 Å². The number of nitrogens with one attached hydrogen (secondary N) is 1. The van der Waals surface area contributed by atoms with E-state index >= 15 is 0 Å². The smallest absolute Gasteiger partial charge is 0.131 e. The number of aryl methyl sites for hydroxylation is 2. The fourth-order valence-corrected chi connectivity index (χ4v) is 1.45. The Kier molecular flexibility index (Phi) is 3.12. The number of rotatable bonds is 3. The summed E-state index contributed by atoms with van der Waals surface area (Å²) in [5.41, 5.74) is 2.20. The van der Waals surface area contributed by atoms with Crippen molar-refractivity contribution in [1.29, 1.82) is 0 Å². The first-order chi connectivity index (χ1) is 5.70. The zero-order chi connectivity index (χ0) is 9.14. The molecular weight excluding hydrogens is 174 g/mol. The average Bonchev–Trinajstić information content (AvgIpc) is 2.33. The van der Waals surface area contributed by atoms with Gasteiger partial charge in [-0.05, 0) is 13.5 Å². The third-order valence-electron chi connectivity index (χ3n) is 1.84. The lowest BCUT2D eigenvalue weighted by Crippen LogP contribution is -2.06. The lowest BCUT2D eigenvalue weighted by Gasteiger charge is -1.98. The van der Waals surface area contributed by atoms with Crippen LogP contribution in [0.3, 0.4) is 0 Å². The molecule has 68 valence electrons. The molecular formula is C8H14ClN3. The van der Waals surface area contributed by atoms with Gasteiger partial charge in [0.1, 0.15) is 5.15 Å². The van der Waals surface area contributed by atoms with Crippen molar-refractivity contribution in [3.8, 4) is 0 Å². The standard InChI is InChI=1S/C8H14ClN3/c1-4-7-6(5-10-2)8(9)12(3)11-7/h10H,4-5H2,1-3H3. The zero-order valence-electron chi connectivity index (χ0n) is 7.69. The van der Waals surface area contributed by atoms with Gasteiger partial charge in [-0.2, -0.15) is 5.10 Å². The highest BCUT2D eigenvalue weighted by Crippen LogP contribution is 2.18. The minimum Gasteiger partial charge on any atom is -0.316 e. The third kappa shape index (κ3) is 1.62. The Hall–Kier alpha value is -0.540. The molecule has 0 spiro atoms. The van der Waals surface area contributed by atoms with Gasteiger partial charge in [-0.1, -0.05) is 18.5 Å². The molecule has 0 saturated carbocycles. The molecule has 12 heavy (non-hydrogen) atoms. The van der Waals surface area contributed by atoms with E-state index < -0.39 is 0 Å². The minimum atomic E-state index is 0.737. The van der Waals surface area contributed by atoms with Crippen molar-refractivity contribution in [2.75, 3.05) is 7.05 Å². The Morgan fingerprint density at radius 1 is 1.58 bits per heavy atom. The predicted octanol–water partition coefficient (Wildman–Crippen LogP) is 1.36. The Morgan fingerprint density at radius 2 is 2.25 bits per heavy atom. The number of hydrogen-bond acceptors (Lipinski definition) is 2. The molecule has 1 heterocycles. The monoisotopic (exact) mass is 187 g/mol. The van der Waals surface area contributed by atoms with E-state index in [0.29, 0.717) is 0 Å². The van der Waals surface area contributed by atoms with Gasteiger partial charge in [-0.25, -0.2) is 0 Å². The summed E-state index contributed by atoms with van der Waals surface area (Å²) in [6.45, 7) is 2.87. The fraction of sp³-hybridized carbons (Fsp3) is 0.625. The molecule has 0 bridgehead atoms. The summed E-state index contributed by atoms with van der Waals surface area (Å²) in [6.07, 6.45) is 0.928. The second-order valence-electron chi connectivity index (χ2n) is 2.72. The Labute approximate surface area is 77.7 Å². The molecule has 0 aliphatic rings. The topological polar surface area (TPSA) is 29.9 Å². The van der Waals surface area contributed by atoms with Crippen LogP contribution in [0.2, 0.25) is 5.15 Å². The van der Waals surface area contributed by atoms with Crippen molar-refractivity contribution >= 4 is 11.6 Å². The number of nitrogens with zero attached hydrogens (tertiary/aromatic N) is 2. The van der Waals surface area contributed by atoms with Gasteiger partial charge >= 0.3 is 0 Å². The molecule has 0 aromatic carbocycles. The first kappa shape index (κ1) is 9.55. The van der Waals surface area contributed by atoms with Gasteiger partial charge < -0.3 is 5.32 Å². The van der Waals surface area contributed by atoms with Gasteiger partial charge in [0, 0.05) is 19.2 Å². The van der Waals surface area contributed by atoms with E-state index in [2.05, 4.69) is 17.3 Å². The molecule has 1 N–H and O–H groups in total. The molecule has 4 heteroatoms. The summed E-state index contributed by atoms with van der Waals surface area (Å²) in [5.74, 6) is 0. The number of hydrogen-bond donors (Lipinski definition) is 1. The van der Waals surface area contributed by atoms with E-state index in [1.54, 1.807) is 4.68 Å². The summed E-state index contributed by atoms with van der Waals surface area (Å²) in [5, 5.41) is 8.10. The molecule has 0 saturated heterocycles. The highest BCUT2D eigenvalue weighted by atomic mass is 35.5. The van der Waals surface area contributed by atoms with E-state index in [0.717, 1.165) is 29.4 Å². The summed E-state index contributed by atoms with van der Waals surface area (Å²) in [6, 6.07) is 0. The largest absolute Gasteiger partial charge is 0.316 e. The van der Waals surface area contributed by atoms with Crippen molar-refractivity contribution in [1.82, 2.24) is 15.1 Å². The van der Waals surface area contributed by atoms with E-state index in [9.17, 15) is 0 Å². The molecule has 0 aliphatic heterocycles. The predicted molar refractivity (Wildman–Crippen MR) is 50.4 cm³/mol. The molecule has 3 nitrogen and oxygen atoms in total. The molecule has 0 aliphatic carbocycles. The van der Waals surface area contributed by atoms with Crippen LogP contribution in [0.1, 0.15) is 18.2 Å². The van der Waals surface area contributed by atoms with Crippen molar-refractivity contribution in [2.45, 2.75) is 19.9 Å². The van der Waals surface area contributed by atoms with Gasteiger partial charge in [0.15, 0.2) is 0 Å². The maximum Gasteiger partial charge on any atom is 0.131 e. The molecule has 0 radical (unpaired) electrons. The highest BCUT2D eigenvalue weighted by molar-refractivity contribution is 6.30. The van der Waals surface area contributed by atoms with Crippen LogP contribution in [0.4, 0.5) is 0 Å². The summed E-state index contributed by atoms with van der Waals surface area (Å²) in [7, 11) is 3.77. The van der Waals surface area contributed by atoms with Crippen molar-refractivity contribution in [2.24, 2.45) is 7.05 Å². The zero-order valence-corrected chi connectivity index (χ0v) is 8.44. The highest BCUT2D eigenvalue weighted by Gasteiger charge is 2.11. The minimum absolute atomic E-state index is 0.737. The van der Waals surface area contributed by atoms with Gasteiger partial charge in [-0.15, -0.1) is 0 Å². The van der Waals surface area contributed by atoms with Crippen LogP contribution in [0, 0.1) is 0 Å². The van der Waals surface area contributed by atoms with E-state index in [1.807, 2.05) is 14.1 Å². The van der Waals surface area contributed by atoms with Crippen LogP contribution >= 0.6 is 11.6 Å². The van der Waals surface area contributed by atoms with Crippen LogP contribution in [0.15, 0.2) is 0 Å². The molecule has 0 atom stereocenters. The second-order valence-corrected chi connectivity index (χ2v) is 3.08. The van der Waals surface area contributed by atoms with Crippen molar-refractivity contribution in [3.63, 3.8) is 0 Å². The van der Waals surface area contributed by atoms with Gasteiger partial charge in [0.05, 0.1) is 5.69 Å². The van der Waals surface area contributed by atoms with Crippen LogP contribution < -0.4 is 5.32 Å². The molecule has 1 aromatic rings. The van der Waals surface area contributed by atoms with Crippen molar-refractivity contribution < 1.29 is 0 Å². The number of halogens is 1. The van der Waals surface area contributed by atoms with Crippen LogP contribution in [-0.2, 0) is 20.0 Å². The maximum atomic E-state index is 6.03. The summed E-state index contributed by atoms with van der Waals surface area (Å²) in [4.78, 5) is 0. The quantitative estimate of drug-likeness (QED) is 0.775. The lowest BCUT2D eigenvalue weighted by atomic mass is 10.2.